The number of oxime groups is 1. The molecule has 1 aliphatic heterocycles. The van der Waals surface area contributed by atoms with Gasteiger partial charge in [0, 0.05) is 28.8 Å². The number of hydrogen-bond donors (Lipinski definition) is 2. The van der Waals surface area contributed by atoms with Crippen LogP contribution in [-0.2, 0) is 4.76 Å². The van der Waals surface area contributed by atoms with E-state index in [1.165, 1.54) is 0 Å². The third kappa shape index (κ3) is 1.08. The SMILES string of the molecule is CC1=NOB(O)c2cnc3[nH]ccc3c21. The van der Waals surface area contributed by atoms with Gasteiger partial charge in [0.25, 0.3) is 0 Å². The second-order valence-corrected chi connectivity index (χ2v) is 3.46. The average Bonchev–Trinajstić information content (AvgIpc) is 2.70. The van der Waals surface area contributed by atoms with Crippen LogP contribution in [0.3, 0.4) is 0 Å². The maximum atomic E-state index is 9.60. The molecule has 0 amide bonds. The first kappa shape index (κ1) is 8.49. The minimum absolute atomic E-state index is 0.662. The number of nitrogens with one attached hydrogen (secondary N) is 1. The van der Waals surface area contributed by atoms with Crippen LogP contribution >= 0.6 is 0 Å². The van der Waals surface area contributed by atoms with Crippen LogP contribution in [0.15, 0.2) is 23.6 Å². The van der Waals surface area contributed by atoms with Gasteiger partial charge in [-0.3, -0.25) is 0 Å². The summed E-state index contributed by atoms with van der Waals surface area (Å²) >= 11 is 0. The largest absolute Gasteiger partial charge is 0.585 e. The number of aromatic amines is 1. The summed E-state index contributed by atoms with van der Waals surface area (Å²) in [6.07, 6.45) is 3.42. The third-order valence-corrected chi connectivity index (χ3v) is 2.53. The molecule has 0 saturated carbocycles. The van der Waals surface area contributed by atoms with Gasteiger partial charge in [-0.05, 0) is 13.0 Å². The number of hydrogen-bond acceptors (Lipinski definition) is 4. The van der Waals surface area contributed by atoms with E-state index in [-0.39, 0.29) is 0 Å². The molecule has 15 heavy (non-hydrogen) atoms. The number of rotatable bonds is 0. The highest BCUT2D eigenvalue weighted by Crippen LogP contribution is 2.17. The van der Waals surface area contributed by atoms with Crippen LogP contribution in [0.5, 0.6) is 0 Å². The quantitative estimate of drug-likeness (QED) is 0.589. The predicted molar refractivity (Wildman–Crippen MR) is 57.0 cm³/mol. The van der Waals surface area contributed by atoms with Gasteiger partial charge in [-0.25, -0.2) is 4.98 Å². The number of pyridine rings is 1. The molecule has 0 aliphatic carbocycles. The molecule has 0 radical (unpaired) electrons. The first-order valence-electron chi connectivity index (χ1n) is 4.62. The van der Waals surface area contributed by atoms with E-state index in [4.69, 9.17) is 4.76 Å². The first-order valence-corrected chi connectivity index (χ1v) is 4.62. The van der Waals surface area contributed by atoms with Gasteiger partial charge in [0.15, 0.2) is 0 Å². The standard InChI is InChI=1S/C9H8BN3O2/c1-5-8-6-2-3-11-9(6)12-4-7(8)10(14)15-13-5/h2-4,14H,1H3,(H,11,12). The summed E-state index contributed by atoms with van der Waals surface area (Å²) in [6, 6.07) is 1.91. The highest BCUT2D eigenvalue weighted by molar-refractivity contribution is 6.63. The number of nitrogens with zero attached hydrogens (tertiary/aromatic N) is 2. The van der Waals surface area contributed by atoms with Gasteiger partial charge < -0.3 is 14.8 Å². The molecular formula is C9H8BN3O2. The summed E-state index contributed by atoms with van der Waals surface area (Å²) in [5.74, 6) is 0. The molecule has 0 unspecified atom stereocenters. The Kier molecular flexibility index (Phi) is 1.61. The third-order valence-electron chi connectivity index (χ3n) is 2.53. The Hall–Kier alpha value is -1.82. The summed E-state index contributed by atoms with van der Waals surface area (Å²) in [7, 11) is -1.02. The Labute approximate surface area is 85.9 Å². The lowest BCUT2D eigenvalue weighted by Crippen LogP contribution is -2.40. The molecule has 6 heteroatoms. The van der Waals surface area contributed by atoms with Crippen molar-refractivity contribution in [3.63, 3.8) is 0 Å². The molecule has 5 nitrogen and oxygen atoms in total. The molecule has 0 atom stereocenters. The van der Waals surface area contributed by atoms with E-state index in [2.05, 4.69) is 15.1 Å². The van der Waals surface area contributed by atoms with Crippen molar-refractivity contribution in [2.75, 3.05) is 0 Å². The summed E-state index contributed by atoms with van der Waals surface area (Å²) in [6.45, 7) is 1.84. The summed E-state index contributed by atoms with van der Waals surface area (Å²) in [4.78, 5) is 7.21. The summed E-state index contributed by atoms with van der Waals surface area (Å²) in [5.41, 5.74) is 3.11. The Morgan fingerprint density at radius 1 is 1.53 bits per heavy atom. The molecule has 2 aromatic rings. The van der Waals surface area contributed by atoms with Crippen molar-refractivity contribution in [1.82, 2.24) is 9.97 Å². The lowest BCUT2D eigenvalue weighted by Gasteiger charge is -2.16. The van der Waals surface area contributed by atoms with Crippen molar-refractivity contribution in [3.05, 3.63) is 24.0 Å². The Morgan fingerprint density at radius 2 is 2.40 bits per heavy atom. The predicted octanol–water partition coefficient (Wildman–Crippen LogP) is 0.00460. The maximum absolute atomic E-state index is 9.60. The van der Waals surface area contributed by atoms with Crippen molar-refractivity contribution in [2.45, 2.75) is 6.92 Å². The molecule has 74 valence electrons. The van der Waals surface area contributed by atoms with E-state index in [1.807, 2.05) is 19.2 Å². The molecule has 2 aromatic heterocycles. The second-order valence-electron chi connectivity index (χ2n) is 3.46. The topological polar surface area (TPSA) is 70.5 Å². The molecule has 0 saturated heterocycles. The van der Waals surface area contributed by atoms with E-state index in [0.717, 1.165) is 22.3 Å². The summed E-state index contributed by atoms with van der Waals surface area (Å²) in [5, 5.41) is 14.4. The van der Waals surface area contributed by atoms with Crippen molar-refractivity contribution < 1.29 is 9.78 Å². The van der Waals surface area contributed by atoms with Crippen LogP contribution in [0.1, 0.15) is 12.5 Å². The molecule has 0 bridgehead atoms. The molecular weight excluding hydrogens is 193 g/mol. The van der Waals surface area contributed by atoms with Gasteiger partial charge >= 0.3 is 7.12 Å². The number of fused-ring (bicyclic) bond motifs is 3. The Balaban J connectivity index is 2.42. The Morgan fingerprint density at radius 3 is 3.27 bits per heavy atom. The van der Waals surface area contributed by atoms with Crippen LogP contribution < -0.4 is 5.46 Å². The maximum Gasteiger partial charge on any atom is 0.585 e. The molecule has 2 N–H and O–H groups in total. The average molecular weight is 201 g/mol. The zero-order valence-electron chi connectivity index (χ0n) is 8.06. The van der Waals surface area contributed by atoms with Crippen LogP contribution in [0.4, 0.5) is 0 Å². The molecule has 1 aliphatic rings. The normalized spacial score (nSPS) is 14.8. The number of H-pyrrole nitrogens is 1. The smallest absolute Gasteiger partial charge is 0.427 e. The van der Waals surface area contributed by atoms with E-state index >= 15 is 0 Å². The fourth-order valence-electron chi connectivity index (χ4n) is 1.85. The molecule has 3 heterocycles. The second kappa shape index (κ2) is 2.84. The van der Waals surface area contributed by atoms with E-state index in [9.17, 15) is 5.02 Å². The lowest BCUT2D eigenvalue weighted by atomic mass is 9.75. The van der Waals surface area contributed by atoms with Gasteiger partial charge in [0.05, 0.1) is 5.71 Å². The van der Waals surface area contributed by atoms with Crippen LogP contribution in [0, 0.1) is 0 Å². The van der Waals surface area contributed by atoms with E-state index in [0.29, 0.717) is 5.46 Å². The molecule has 0 fully saturated rings. The van der Waals surface area contributed by atoms with Crippen LogP contribution in [0.25, 0.3) is 11.0 Å². The summed E-state index contributed by atoms with van der Waals surface area (Å²) < 4.78 is 4.84. The molecule has 0 aromatic carbocycles. The number of aromatic nitrogens is 2. The van der Waals surface area contributed by atoms with Crippen molar-refractivity contribution >= 4 is 29.3 Å². The fraction of sp³-hybridized carbons (Fsp3) is 0.111. The minimum atomic E-state index is -1.02. The highest BCUT2D eigenvalue weighted by Gasteiger charge is 2.29. The van der Waals surface area contributed by atoms with Gasteiger partial charge in [0.2, 0.25) is 0 Å². The molecule has 3 rings (SSSR count). The highest BCUT2D eigenvalue weighted by atomic mass is 16.6. The van der Waals surface area contributed by atoms with Gasteiger partial charge in [-0.2, -0.15) is 0 Å². The zero-order valence-corrected chi connectivity index (χ0v) is 8.06. The van der Waals surface area contributed by atoms with Crippen molar-refractivity contribution in [3.8, 4) is 0 Å². The fourth-order valence-corrected chi connectivity index (χ4v) is 1.85. The minimum Gasteiger partial charge on any atom is -0.427 e. The van der Waals surface area contributed by atoms with Crippen LogP contribution in [0.2, 0.25) is 0 Å². The van der Waals surface area contributed by atoms with E-state index < -0.39 is 7.12 Å². The monoisotopic (exact) mass is 201 g/mol. The van der Waals surface area contributed by atoms with Gasteiger partial charge in [-0.15, -0.1) is 5.16 Å². The van der Waals surface area contributed by atoms with E-state index in [1.54, 1.807) is 6.20 Å². The zero-order chi connectivity index (χ0) is 10.4. The molecule has 0 spiro atoms. The van der Waals surface area contributed by atoms with Gasteiger partial charge in [0.1, 0.15) is 5.65 Å². The Bertz CT molecular complexity index is 563. The van der Waals surface area contributed by atoms with Crippen molar-refractivity contribution in [1.29, 1.82) is 0 Å². The lowest BCUT2D eigenvalue weighted by molar-refractivity contribution is 0.284. The van der Waals surface area contributed by atoms with Gasteiger partial charge in [-0.1, -0.05) is 0 Å². The first-order chi connectivity index (χ1) is 7.27. The van der Waals surface area contributed by atoms with Crippen LogP contribution in [-0.4, -0.2) is 27.8 Å². The van der Waals surface area contributed by atoms with Crippen molar-refractivity contribution in [2.24, 2.45) is 5.16 Å².